The zero-order chi connectivity index (χ0) is 17.0. The normalized spacial score (nSPS) is 11.1. The van der Waals surface area contributed by atoms with Crippen molar-refractivity contribution in [2.24, 2.45) is 0 Å². The van der Waals surface area contributed by atoms with Crippen LogP contribution < -0.4 is 10.0 Å². The van der Waals surface area contributed by atoms with Gasteiger partial charge in [-0.2, -0.15) is 0 Å². The maximum atomic E-state index is 12.3. The predicted molar refractivity (Wildman–Crippen MR) is 96.1 cm³/mol. The Hall–Kier alpha value is -1.70. The molecule has 0 atom stereocenters. The molecule has 2 N–H and O–H groups in total. The van der Waals surface area contributed by atoms with Crippen molar-refractivity contribution in [1.29, 1.82) is 0 Å². The molecule has 5 nitrogen and oxygen atoms in total. The lowest BCUT2D eigenvalue weighted by atomic mass is 10.2. The van der Waals surface area contributed by atoms with Crippen LogP contribution in [0.1, 0.15) is 10.4 Å². The third kappa shape index (κ3) is 5.16. The van der Waals surface area contributed by atoms with E-state index in [9.17, 15) is 13.2 Å². The van der Waals surface area contributed by atoms with E-state index in [0.717, 1.165) is 11.2 Å². The fourth-order valence-electron chi connectivity index (χ4n) is 1.82. The highest BCUT2D eigenvalue weighted by Gasteiger charge is 2.12. The van der Waals surface area contributed by atoms with Gasteiger partial charge in [-0.3, -0.25) is 9.52 Å². The van der Waals surface area contributed by atoms with E-state index in [2.05, 4.69) is 10.0 Å². The van der Waals surface area contributed by atoms with E-state index in [1.807, 2.05) is 18.4 Å². The average molecular weight is 371 g/mol. The van der Waals surface area contributed by atoms with Crippen molar-refractivity contribution in [3.8, 4) is 0 Å². The van der Waals surface area contributed by atoms with Crippen molar-refractivity contribution < 1.29 is 13.2 Å². The molecule has 0 aliphatic carbocycles. The molecular weight excluding hydrogens is 356 g/mol. The number of anilines is 2. The van der Waals surface area contributed by atoms with Gasteiger partial charge >= 0.3 is 0 Å². The molecule has 0 aromatic heterocycles. The van der Waals surface area contributed by atoms with Crippen LogP contribution in [-0.2, 0) is 10.0 Å². The number of nitrogens with one attached hydrogen (secondary N) is 2. The molecule has 0 saturated heterocycles. The third-order valence-corrected chi connectivity index (χ3v) is 4.54. The molecule has 2 aromatic rings. The van der Waals surface area contributed by atoms with Gasteiger partial charge in [0, 0.05) is 16.1 Å². The Kier molecular flexibility index (Phi) is 5.56. The van der Waals surface area contributed by atoms with Crippen LogP contribution in [0.4, 0.5) is 11.4 Å². The summed E-state index contributed by atoms with van der Waals surface area (Å²) in [5.41, 5.74) is 1.12. The van der Waals surface area contributed by atoms with Crippen molar-refractivity contribution in [1.82, 2.24) is 0 Å². The number of halogens is 1. The number of hydrogen-bond donors (Lipinski definition) is 2. The first-order valence-electron chi connectivity index (χ1n) is 6.51. The lowest BCUT2D eigenvalue weighted by Gasteiger charge is -2.10. The van der Waals surface area contributed by atoms with E-state index in [1.54, 1.807) is 23.9 Å². The second kappa shape index (κ2) is 7.25. The fourth-order valence-corrected chi connectivity index (χ4v) is 3.02. The van der Waals surface area contributed by atoms with Crippen LogP contribution in [-0.4, -0.2) is 26.8 Å². The van der Waals surface area contributed by atoms with Crippen molar-refractivity contribution in [2.45, 2.75) is 4.90 Å². The minimum absolute atomic E-state index is 0.166. The highest BCUT2D eigenvalue weighted by molar-refractivity contribution is 7.98. The molecule has 0 spiro atoms. The number of hydrogen-bond acceptors (Lipinski definition) is 4. The summed E-state index contributed by atoms with van der Waals surface area (Å²) >= 11 is 7.55. The topological polar surface area (TPSA) is 75.3 Å². The molecule has 0 fully saturated rings. The summed E-state index contributed by atoms with van der Waals surface area (Å²) in [5.74, 6) is -0.352. The molecule has 2 rings (SSSR count). The smallest absolute Gasteiger partial charge is 0.255 e. The van der Waals surface area contributed by atoms with Crippen LogP contribution in [0.15, 0.2) is 47.4 Å². The Balaban J connectivity index is 2.20. The molecule has 23 heavy (non-hydrogen) atoms. The van der Waals surface area contributed by atoms with Crippen molar-refractivity contribution in [3.05, 3.63) is 53.1 Å². The van der Waals surface area contributed by atoms with E-state index in [4.69, 9.17) is 11.6 Å². The molecule has 0 saturated carbocycles. The number of amides is 1. The van der Waals surface area contributed by atoms with Gasteiger partial charge < -0.3 is 5.32 Å². The Morgan fingerprint density at radius 2 is 1.78 bits per heavy atom. The van der Waals surface area contributed by atoms with Crippen molar-refractivity contribution in [2.75, 3.05) is 22.6 Å². The van der Waals surface area contributed by atoms with Crippen LogP contribution in [0.3, 0.4) is 0 Å². The molecule has 2 aromatic carbocycles. The molecule has 0 radical (unpaired) electrons. The lowest BCUT2D eigenvalue weighted by molar-refractivity contribution is 0.102. The van der Waals surface area contributed by atoms with Gasteiger partial charge in [0.1, 0.15) is 0 Å². The van der Waals surface area contributed by atoms with Crippen LogP contribution in [0.25, 0.3) is 0 Å². The van der Waals surface area contributed by atoms with Gasteiger partial charge in [0.05, 0.1) is 17.0 Å². The minimum Gasteiger partial charge on any atom is -0.322 e. The van der Waals surface area contributed by atoms with Crippen LogP contribution in [0, 0.1) is 0 Å². The first kappa shape index (κ1) is 17.7. The van der Waals surface area contributed by atoms with E-state index in [0.29, 0.717) is 11.3 Å². The maximum Gasteiger partial charge on any atom is 0.255 e. The lowest BCUT2D eigenvalue weighted by Crippen LogP contribution is -2.14. The molecule has 122 valence electrons. The van der Waals surface area contributed by atoms with Crippen LogP contribution >= 0.6 is 23.4 Å². The first-order chi connectivity index (χ1) is 10.8. The molecule has 0 aliphatic heterocycles. The monoisotopic (exact) mass is 370 g/mol. The van der Waals surface area contributed by atoms with Crippen LogP contribution in [0.2, 0.25) is 5.02 Å². The molecule has 1 amide bonds. The number of benzene rings is 2. The van der Waals surface area contributed by atoms with E-state index < -0.39 is 10.0 Å². The van der Waals surface area contributed by atoms with Gasteiger partial charge in [-0.25, -0.2) is 8.42 Å². The predicted octanol–water partition coefficient (Wildman–Crippen LogP) is 3.69. The second-order valence-corrected chi connectivity index (χ2v) is 7.79. The largest absolute Gasteiger partial charge is 0.322 e. The zero-order valence-electron chi connectivity index (χ0n) is 12.5. The molecule has 8 heteroatoms. The molecule has 0 unspecified atom stereocenters. The Labute approximate surface area is 144 Å². The number of thioether (sulfide) groups is 1. The number of sulfonamides is 1. The molecule has 0 heterocycles. The van der Waals surface area contributed by atoms with Gasteiger partial charge in [-0.1, -0.05) is 11.6 Å². The fraction of sp³-hybridized carbons (Fsp3) is 0.133. The summed E-state index contributed by atoms with van der Waals surface area (Å²) in [7, 11) is -3.48. The minimum atomic E-state index is -3.48. The highest BCUT2D eigenvalue weighted by Crippen LogP contribution is 2.25. The van der Waals surface area contributed by atoms with Gasteiger partial charge in [0.15, 0.2) is 0 Å². The van der Waals surface area contributed by atoms with Gasteiger partial charge in [0.2, 0.25) is 10.0 Å². The highest BCUT2D eigenvalue weighted by atomic mass is 35.5. The van der Waals surface area contributed by atoms with Gasteiger partial charge in [0.25, 0.3) is 5.91 Å². The quantitative estimate of drug-likeness (QED) is 0.787. The summed E-state index contributed by atoms with van der Waals surface area (Å²) in [4.78, 5) is 13.4. The standard InChI is InChI=1S/C15H15ClN2O3S2/c1-22-12-6-4-11(5-7-12)17-15(19)10-3-8-13(16)14(9-10)18-23(2,20)21/h3-9,18H,1-2H3,(H,17,19). The number of rotatable bonds is 5. The summed E-state index contributed by atoms with van der Waals surface area (Å²) in [6.45, 7) is 0. The van der Waals surface area contributed by atoms with Crippen molar-refractivity contribution >= 4 is 50.7 Å². The average Bonchev–Trinajstić information content (AvgIpc) is 2.49. The van der Waals surface area contributed by atoms with E-state index in [1.165, 1.54) is 18.2 Å². The van der Waals surface area contributed by atoms with E-state index >= 15 is 0 Å². The molecular formula is C15H15ClN2O3S2. The van der Waals surface area contributed by atoms with Gasteiger partial charge in [-0.15, -0.1) is 11.8 Å². The Morgan fingerprint density at radius 3 is 2.35 bits per heavy atom. The summed E-state index contributed by atoms with van der Waals surface area (Å²) in [6, 6.07) is 11.8. The SMILES string of the molecule is CSc1ccc(NC(=O)c2ccc(Cl)c(NS(C)(=O)=O)c2)cc1. The van der Waals surface area contributed by atoms with Crippen molar-refractivity contribution in [3.63, 3.8) is 0 Å². The summed E-state index contributed by atoms with van der Waals surface area (Å²) in [6.07, 6.45) is 2.99. The number of carbonyl (C=O) groups is 1. The zero-order valence-corrected chi connectivity index (χ0v) is 14.8. The first-order valence-corrected chi connectivity index (χ1v) is 10.0. The van der Waals surface area contributed by atoms with Crippen LogP contribution in [0.5, 0.6) is 0 Å². The summed E-state index contributed by atoms with van der Waals surface area (Å²) in [5, 5.41) is 2.97. The van der Waals surface area contributed by atoms with Gasteiger partial charge in [-0.05, 0) is 48.7 Å². The molecule has 0 bridgehead atoms. The molecule has 0 aliphatic rings. The Morgan fingerprint density at radius 1 is 1.13 bits per heavy atom. The third-order valence-electron chi connectivity index (χ3n) is 2.87. The maximum absolute atomic E-state index is 12.3. The Bertz CT molecular complexity index is 821. The second-order valence-electron chi connectivity index (χ2n) is 4.75. The van der Waals surface area contributed by atoms with E-state index in [-0.39, 0.29) is 16.6 Å². The summed E-state index contributed by atoms with van der Waals surface area (Å²) < 4.78 is 24.9. The number of carbonyl (C=O) groups excluding carboxylic acids is 1.